The lowest BCUT2D eigenvalue weighted by Gasteiger charge is -2.30. The van der Waals surface area contributed by atoms with Gasteiger partial charge in [0.2, 0.25) is 10.0 Å². The molecule has 7 heteroatoms. The number of thiophene rings is 1. The molecule has 0 radical (unpaired) electrons. The van der Waals surface area contributed by atoms with Gasteiger partial charge in [-0.3, -0.25) is 0 Å². The normalized spacial score (nSPS) is 13.3. The van der Waals surface area contributed by atoms with Crippen LogP contribution in [0.4, 0.5) is 0 Å². The molecule has 29 heavy (non-hydrogen) atoms. The quantitative estimate of drug-likeness (QED) is 0.481. The van der Waals surface area contributed by atoms with E-state index in [-0.39, 0.29) is 16.7 Å². The molecule has 154 valence electrons. The first-order valence-corrected chi connectivity index (χ1v) is 12.1. The molecule has 3 aromatic rings. The molecule has 0 saturated heterocycles. The Bertz CT molecular complexity index is 981. The SMILES string of the molecule is C[C@@H](CCC(O)(c1ccccc1)c1ccccc1)CNS(=O)(=O)c1ccc(Cl)s1. The molecular formula is C22H24ClNO3S2. The van der Waals surface area contributed by atoms with Gasteiger partial charge in [-0.25, -0.2) is 13.1 Å². The van der Waals surface area contributed by atoms with Crippen LogP contribution in [0.15, 0.2) is 77.0 Å². The lowest BCUT2D eigenvalue weighted by molar-refractivity contribution is 0.0643. The zero-order valence-corrected chi connectivity index (χ0v) is 18.5. The molecule has 1 heterocycles. The van der Waals surface area contributed by atoms with Gasteiger partial charge in [0.15, 0.2) is 0 Å². The summed E-state index contributed by atoms with van der Waals surface area (Å²) in [6.45, 7) is 2.26. The summed E-state index contributed by atoms with van der Waals surface area (Å²) in [4.78, 5) is 0. The van der Waals surface area contributed by atoms with Crippen molar-refractivity contribution in [1.29, 1.82) is 0 Å². The molecule has 2 N–H and O–H groups in total. The Hall–Kier alpha value is -1.70. The number of benzene rings is 2. The molecule has 0 saturated carbocycles. The molecule has 3 rings (SSSR count). The minimum Gasteiger partial charge on any atom is -0.380 e. The second-order valence-corrected chi connectivity index (χ2v) is 10.9. The van der Waals surface area contributed by atoms with Crippen LogP contribution in [-0.4, -0.2) is 20.1 Å². The molecule has 1 aromatic heterocycles. The Morgan fingerprint density at radius 3 is 2.03 bits per heavy atom. The van der Waals surface area contributed by atoms with Crippen molar-refractivity contribution in [1.82, 2.24) is 4.72 Å². The molecule has 0 bridgehead atoms. The van der Waals surface area contributed by atoms with E-state index in [1.165, 1.54) is 6.07 Å². The molecule has 0 aliphatic rings. The maximum Gasteiger partial charge on any atom is 0.250 e. The Balaban J connectivity index is 1.68. The van der Waals surface area contributed by atoms with Crippen molar-refractivity contribution in [2.45, 2.75) is 29.6 Å². The first kappa shape index (κ1) is 22.0. The average molecular weight is 450 g/mol. The maximum absolute atomic E-state index is 12.4. The number of rotatable bonds is 9. The molecule has 0 unspecified atom stereocenters. The van der Waals surface area contributed by atoms with Crippen LogP contribution in [0.5, 0.6) is 0 Å². The third-order valence-corrected chi connectivity index (χ3v) is 8.08. The molecular weight excluding hydrogens is 426 g/mol. The van der Waals surface area contributed by atoms with Gasteiger partial charge < -0.3 is 5.11 Å². The summed E-state index contributed by atoms with van der Waals surface area (Å²) in [5.41, 5.74) is 0.524. The zero-order chi connectivity index (χ0) is 20.9. The molecule has 2 aromatic carbocycles. The Morgan fingerprint density at radius 1 is 1.00 bits per heavy atom. The highest BCUT2D eigenvalue weighted by molar-refractivity contribution is 7.91. The van der Waals surface area contributed by atoms with E-state index in [0.29, 0.717) is 17.2 Å². The Labute approximate surface area is 181 Å². The summed E-state index contributed by atoms with van der Waals surface area (Å²) in [5.74, 6) is 0.0409. The van der Waals surface area contributed by atoms with Crippen LogP contribution in [0.1, 0.15) is 30.9 Å². The summed E-state index contributed by atoms with van der Waals surface area (Å²) >= 11 is 6.88. The highest BCUT2D eigenvalue weighted by Crippen LogP contribution is 2.35. The van der Waals surface area contributed by atoms with E-state index in [4.69, 9.17) is 11.6 Å². The predicted octanol–water partition coefficient (Wildman–Crippen LogP) is 5.03. The molecule has 4 nitrogen and oxygen atoms in total. The fourth-order valence-electron chi connectivity index (χ4n) is 3.21. The zero-order valence-electron chi connectivity index (χ0n) is 16.1. The molecule has 0 aliphatic carbocycles. The van der Waals surface area contributed by atoms with Crippen molar-refractivity contribution >= 4 is 33.0 Å². The van der Waals surface area contributed by atoms with Crippen LogP contribution < -0.4 is 4.72 Å². The van der Waals surface area contributed by atoms with Gasteiger partial charge in [-0.05, 0) is 42.0 Å². The first-order valence-electron chi connectivity index (χ1n) is 9.40. The van der Waals surface area contributed by atoms with Crippen LogP contribution in [0, 0.1) is 5.92 Å². The number of sulfonamides is 1. The van der Waals surface area contributed by atoms with Gasteiger partial charge in [-0.2, -0.15) is 0 Å². The fraction of sp³-hybridized carbons (Fsp3) is 0.273. The lowest BCUT2D eigenvalue weighted by Crippen LogP contribution is -2.31. The van der Waals surface area contributed by atoms with Crippen molar-refractivity contribution in [2.75, 3.05) is 6.54 Å². The van der Waals surface area contributed by atoms with E-state index in [9.17, 15) is 13.5 Å². The van der Waals surface area contributed by atoms with E-state index >= 15 is 0 Å². The summed E-state index contributed by atoms with van der Waals surface area (Å²) in [6.07, 6.45) is 1.13. The van der Waals surface area contributed by atoms with Gasteiger partial charge >= 0.3 is 0 Å². The Morgan fingerprint density at radius 2 is 1.55 bits per heavy atom. The maximum atomic E-state index is 12.4. The third-order valence-electron chi connectivity index (χ3n) is 4.94. The standard InChI is InChI=1S/C22H24ClNO3S2/c1-17(16-24-29(26,27)21-13-12-20(23)28-21)14-15-22(25,18-8-4-2-5-9-18)19-10-6-3-7-11-19/h2-13,17,24-25H,14-16H2,1H3/t17-/m0/s1. The minimum absolute atomic E-state index is 0.0409. The summed E-state index contributed by atoms with van der Waals surface area (Å²) in [7, 11) is -3.57. The molecule has 1 atom stereocenters. The predicted molar refractivity (Wildman–Crippen MR) is 119 cm³/mol. The third kappa shape index (κ3) is 5.47. The van der Waals surface area contributed by atoms with Crippen molar-refractivity contribution in [3.8, 4) is 0 Å². The van der Waals surface area contributed by atoms with Gasteiger partial charge in [0.05, 0.1) is 4.34 Å². The lowest BCUT2D eigenvalue weighted by atomic mass is 9.81. The van der Waals surface area contributed by atoms with E-state index < -0.39 is 15.6 Å². The van der Waals surface area contributed by atoms with Gasteiger partial charge in [0.25, 0.3) is 0 Å². The van der Waals surface area contributed by atoms with Crippen LogP contribution in [-0.2, 0) is 15.6 Å². The summed E-state index contributed by atoms with van der Waals surface area (Å²) in [6, 6.07) is 22.2. The number of halogens is 1. The van der Waals surface area contributed by atoms with E-state index in [2.05, 4.69) is 4.72 Å². The van der Waals surface area contributed by atoms with Crippen LogP contribution >= 0.6 is 22.9 Å². The summed E-state index contributed by atoms with van der Waals surface area (Å²) < 4.78 is 28.1. The minimum atomic E-state index is -3.57. The monoisotopic (exact) mass is 449 g/mol. The van der Waals surface area contributed by atoms with Gasteiger partial charge in [-0.15, -0.1) is 11.3 Å². The Kier molecular flexibility index (Phi) is 7.14. The van der Waals surface area contributed by atoms with Gasteiger partial charge in [-0.1, -0.05) is 79.2 Å². The van der Waals surface area contributed by atoms with E-state index in [0.717, 1.165) is 22.5 Å². The van der Waals surface area contributed by atoms with Gasteiger partial charge in [0, 0.05) is 6.54 Å². The van der Waals surface area contributed by atoms with Gasteiger partial charge in [0.1, 0.15) is 9.81 Å². The number of nitrogens with one attached hydrogen (secondary N) is 1. The summed E-state index contributed by atoms with van der Waals surface area (Å²) in [5, 5.41) is 11.6. The largest absolute Gasteiger partial charge is 0.380 e. The van der Waals surface area contributed by atoms with Crippen LogP contribution in [0.2, 0.25) is 4.34 Å². The smallest absolute Gasteiger partial charge is 0.250 e. The number of hydrogen-bond acceptors (Lipinski definition) is 4. The van der Waals surface area contributed by atoms with Crippen LogP contribution in [0.25, 0.3) is 0 Å². The van der Waals surface area contributed by atoms with E-state index in [1.807, 2.05) is 67.6 Å². The second-order valence-electron chi connectivity index (χ2n) is 7.15. The highest BCUT2D eigenvalue weighted by Gasteiger charge is 2.31. The van der Waals surface area contributed by atoms with Crippen molar-refractivity contribution in [2.24, 2.45) is 5.92 Å². The topological polar surface area (TPSA) is 66.4 Å². The molecule has 0 spiro atoms. The fourth-order valence-corrected chi connectivity index (χ4v) is 5.90. The van der Waals surface area contributed by atoms with Crippen LogP contribution in [0.3, 0.4) is 0 Å². The van der Waals surface area contributed by atoms with E-state index in [1.54, 1.807) is 6.07 Å². The van der Waals surface area contributed by atoms with Crippen molar-refractivity contribution in [3.63, 3.8) is 0 Å². The van der Waals surface area contributed by atoms with Crippen molar-refractivity contribution < 1.29 is 13.5 Å². The van der Waals surface area contributed by atoms with Crippen molar-refractivity contribution in [3.05, 3.63) is 88.3 Å². The average Bonchev–Trinajstić information content (AvgIpc) is 3.19. The number of hydrogen-bond donors (Lipinski definition) is 2. The molecule has 0 fully saturated rings. The molecule has 0 amide bonds. The molecule has 0 aliphatic heterocycles. The number of aliphatic hydroxyl groups is 1. The first-order chi connectivity index (χ1) is 13.8. The highest BCUT2D eigenvalue weighted by atomic mass is 35.5. The second kappa shape index (κ2) is 9.41.